The molecule has 1 saturated heterocycles. The minimum absolute atomic E-state index is 0.152. The lowest BCUT2D eigenvalue weighted by atomic mass is 10.1. The lowest BCUT2D eigenvalue weighted by Gasteiger charge is -2.35. The van der Waals surface area contributed by atoms with Crippen molar-refractivity contribution >= 4 is 17.3 Å². The van der Waals surface area contributed by atoms with Crippen LogP contribution in [0.25, 0.3) is 0 Å². The summed E-state index contributed by atoms with van der Waals surface area (Å²) in [5.41, 5.74) is 3.29. The third kappa shape index (κ3) is 4.17. The van der Waals surface area contributed by atoms with E-state index in [4.69, 9.17) is 5.26 Å². The Kier molecular flexibility index (Phi) is 5.32. The molecule has 2 aromatic rings. The quantitative estimate of drug-likeness (QED) is 0.934. The highest BCUT2D eigenvalue weighted by Gasteiger charge is 2.18. The van der Waals surface area contributed by atoms with Crippen LogP contribution in [0, 0.1) is 11.3 Å². The van der Waals surface area contributed by atoms with Gasteiger partial charge in [0.1, 0.15) is 0 Å². The fourth-order valence-electron chi connectivity index (χ4n) is 3.01. The first-order valence-corrected chi connectivity index (χ1v) is 8.47. The fraction of sp³-hybridized carbons (Fsp3) is 0.300. The van der Waals surface area contributed by atoms with Gasteiger partial charge in [0, 0.05) is 31.7 Å². The van der Waals surface area contributed by atoms with Gasteiger partial charge < -0.3 is 15.1 Å². The summed E-state index contributed by atoms with van der Waals surface area (Å²) in [6.07, 6.45) is 0.305. The van der Waals surface area contributed by atoms with Crippen LogP contribution in [0.4, 0.5) is 11.4 Å². The van der Waals surface area contributed by atoms with Crippen LogP contribution in [0.3, 0.4) is 0 Å². The molecule has 1 fully saturated rings. The molecule has 0 saturated carbocycles. The van der Waals surface area contributed by atoms with Crippen molar-refractivity contribution in [3.8, 4) is 6.07 Å². The van der Waals surface area contributed by atoms with E-state index in [0.717, 1.165) is 43.1 Å². The summed E-state index contributed by atoms with van der Waals surface area (Å²) >= 11 is 0. The molecule has 3 rings (SSSR count). The molecule has 0 bridgehead atoms. The van der Waals surface area contributed by atoms with Crippen molar-refractivity contribution < 1.29 is 4.79 Å². The van der Waals surface area contributed by atoms with Gasteiger partial charge in [-0.25, -0.2) is 0 Å². The summed E-state index contributed by atoms with van der Waals surface area (Å²) in [7, 11) is 2.12. The molecule has 128 valence electrons. The van der Waals surface area contributed by atoms with Crippen LogP contribution in [-0.4, -0.2) is 44.0 Å². The van der Waals surface area contributed by atoms with Crippen LogP contribution in [0.15, 0.2) is 48.5 Å². The molecule has 1 aliphatic heterocycles. The number of hydrogen-bond acceptors (Lipinski definition) is 4. The molecule has 1 aliphatic rings. The number of para-hydroxylation sites is 2. The zero-order chi connectivity index (χ0) is 17.6. The fourth-order valence-corrected chi connectivity index (χ4v) is 3.01. The summed E-state index contributed by atoms with van der Waals surface area (Å²) in [4.78, 5) is 17.2. The second-order valence-corrected chi connectivity index (χ2v) is 6.30. The van der Waals surface area contributed by atoms with Crippen molar-refractivity contribution in [1.29, 1.82) is 5.26 Å². The largest absolute Gasteiger partial charge is 0.367 e. The average molecular weight is 334 g/mol. The van der Waals surface area contributed by atoms with Crippen LogP contribution in [0.5, 0.6) is 0 Å². The number of anilines is 2. The van der Waals surface area contributed by atoms with Crippen LogP contribution >= 0.6 is 0 Å². The molecule has 0 aromatic heterocycles. The second kappa shape index (κ2) is 7.82. The number of carbonyl (C=O) groups is 1. The van der Waals surface area contributed by atoms with E-state index < -0.39 is 0 Å². The molecule has 0 spiro atoms. The number of nitrogens with zero attached hydrogens (tertiary/aromatic N) is 3. The van der Waals surface area contributed by atoms with Gasteiger partial charge in [-0.1, -0.05) is 24.3 Å². The normalized spacial score (nSPS) is 14.8. The number of likely N-dealkylation sites (N-methyl/N-ethyl adjacent to an activating group) is 1. The van der Waals surface area contributed by atoms with Gasteiger partial charge in [-0.05, 0) is 36.9 Å². The molecule has 1 N–H and O–H groups in total. The third-order valence-corrected chi connectivity index (χ3v) is 4.47. The number of amides is 1. The molecular weight excluding hydrogens is 312 g/mol. The van der Waals surface area contributed by atoms with Crippen molar-refractivity contribution in [2.45, 2.75) is 6.42 Å². The van der Waals surface area contributed by atoms with E-state index in [0.29, 0.717) is 12.0 Å². The maximum atomic E-state index is 12.6. The van der Waals surface area contributed by atoms with E-state index in [9.17, 15) is 4.79 Å². The maximum absolute atomic E-state index is 12.6. The molecule has 0 aliphatic carbocycles. The molecule has 1 heterocycles. The predicted octanol–water partition coefficient (Wildman–Crippen LogP) is 2.76. The average Bonchev–Trinajstić information content (AvgIpc) is 2.63. The summed E-state index contributed by atoms with van der Waals surface area (Å²) in [5.74, 6) is -0.152. The number of rotatable bonds is 4. The number of piperazine rings is 1. The zero-order valence-corrected chi connectivity index (χ0v) is 14.4. The molecule has 0 atom stereocenters. The lowest BCUT2D eigenvalue weighted by Crippen LogP contribution is -2.44. The van der Waals surface area contributed by atoms with Gasteiger partial charge in [-0.3, -0.25) is 4.79 Å². The van der Waals surface area contributed by atoms with Crippen LogP contribution in [-0.2, 0) is 6.42 Å². The Morgan fingerprint density at radius 3 is 2.64 bits per heavy atom. The zero-order valence-electron chi connectivity index (χ0n) is 14.4. The van der Waals surface area contributed by atoms with Gasteiger partial charge in [0.2, 0.25) is 0 Å². The summed E-state index contributed by atoms with van der Waals surface area (Å²) in [6, 6.07) is 17.2. The highest BCUT2D eigenvalue weighted by molar-refractivity contribution is 6.06. The number of nitriles is 1. The lowest BCUT2D eigenvalue weighted by molar-refractivity contribution is 0.102. The van der Waals surface area contributed by atoms with Crippen molar-refractivity contribution in [3.63, 3.8) is 0 Å². The van der Waals surface area contributed by atoms with Gasteiger partial charge in [-0.2, -0.15) is 5.26 Å². The van der Waals surface area contributed by atoms with E-state index in [-0.39, 0.29) is 5.91 Å². The summed E-state index contributed by atoms with van der Waals surface area (Å²) < 4.78 is 0. The summed E-state index contributed by atoms with van der Waals surface area (Å²) in [5, 5.41) is 11.9. The molecule has 1 amide bonds. The van der Waals surface area contributed by atoms with Crippen molar-refractivity contribution in [2.75, 3.05) is 43.4 Å². The van der Waals surface area contributed by atoms with Crippen LogP contribution < -0.4 is 10.2 Å². The van der Waals surface area contributed by atoms with E-state index in [1.807, 2.05) is 36.4 Å². The first-order chi connectivity index (χ1) is 12.2. The standard InChI is InChI=1S/C20H22N4O/c1-23-11-13-24(14-12-23)19-8-3-2-7-18(19)22-20(25)17-6-4-5-16(15-17)9-10-21/h2-8,15H,9,11-14H2,1H3,(H,22,25). The summed E-state index contributed by atoms with van der Waals surface area (Å²) in [6.45, 7) is 3.92. The van der Waals surface area contributed by atoms with Gasteiger partial charge in [0.15, 0.2) is 0 Å². The van der Waals surface area contributed by atoms with E-state index in [1.165, 1.54) is 0 Å². The molecule has 2 aromatic carbocycles. The smallest absolute Gasteiger partial charge is 0.255 e. The highest BCUT2D eigenvalue weighted by atomic mass is 16.1. The Balaban J connectivity index is 1.78. The monoisotopic (exact) mass is 334 g/mol. The van der Waals surface area contributed by atoms with Crippen molar-refractivity contribution in [2.24, 2.45) is 0 Å². The number of benzene rings is 2. The van der Waals surface area contributed by atoms with Crippen LogP contribution in [0.1, 0.15) is 15.9 Å². The van der Waals surface area contributed by atoms with Crippen molar-refractivity contribution in [1.82, 2.24) is 4.90 Å². The Hall–Kier alpha value is -2.84. The first kappa shape index (κ1) is 17.0. The Labute approximate surface area is 148 Å². The van der Waals surface area contributed by atoms with E-state index >= 15 is 0 Å². The molecule has 5 nitrogen and oxygen atoms in total. The third-order valence-electron chi connectivity index (χ3n) is 4.47. The minimum Gasteiger partial charge on any atom is -0.367 e. The topological polar surface area (TPSA) is 59.4 Å². The first-order valence-electron chi connectivity index (χ1n) is 8.47. The predicted molar refractivity (Wildman–Crippen MR) is 99.9 cm³/mol. The maximum Gasteiger partial charge on any atom is 0.255 e. The van der Waals surface area contributed by atoms with Crippen LogP contribution in [0.2, 0.25) is 0 Å². The molecule has 0 unspecified atom stereocenters. The second-order valence-electron chi connectivity index (χ2n) is 6.30. The number of nitrogens with one attached hydrogen (secondary N) is 1. The molecule has 25 heavy (non-hydrogen) atoms. The van der Waals surface area contributed by atoms with Gasteiger partial charge >= 0.3 is 0 Å². The van der Waals surface area contributed by atoms with E-state index in [2.05, 4.69) is 28.2 Å². The van der Waals surface area contributed by atoms with Crippen molar-refractivity contribution in [3.05, 3.63) is 59.7 Å². The van der Waals surface area contributed by atoms with Gasteiger partial charge in [0.25, 0.3) is 5.91 Å². The number of carbonyl (C=O) groups excluding carboxylic acids is 1. The Morgan fingerprint density at radius 1 is 1.12 bits per heavy atom. The van der Waals surface area contributed by atoms with Gasteiger partial charge in [-0.15, -0.1) is 0 Å². The highest BCUT2D eigenvalue weighted by Crippen LogP contribution is 2.27. The molecular formula is C20H22N4O. The Morgan fingerprint density at radius 2 is 1.88 bits per heavy atom. The molecule has 5 heteroatoms. The minimum atomic E-state index is -0.152. The van der Waals surface area contributed by atoms with E-state index in [1.54, 1.807) is 12.1 Å². The van der Waals surface area contributed by atoms with Gasteiger partial charge in [0.05, 0.1) is 23.9 Å². The number of hydrogen-bond donors (Lipinski definition) is 1. The molecule has 0 radical (unpaired) electrons. The SMILES string of the molecule is CN1CCN(c2ccccc2NC(=O)c2cccc(CC#N)c2)CC1. The Bertz CT molecular complexity index is 788.